The number of alkyl halides is 1. The third-order valence-electron chi connectivity index (χ3n) is 8.31. The summed E-state index contributed by atoms with van der Waals surface area (Å²) in [5, 5.41) is 9.79. The van der Waals surface area contributed by atoms with Crippen LogP contribution in [0.15, 0.2) is 43.5 Å². The Kier molecular flexibility index (Phi) is 10.1. The van der Waals surface area contributed by atoms with Crippen molar-refractivity contribution >= 4 is 62.7 Å². The van der Waals surface area contributed by atoms with Crippen LogP contribution >= 0.6 is 39.3 Å². The molecule has 1 spiro atoms. The van der Waals surface area contributed by atoms with Crippen LogP contribution in [0.2, 0.25) is 5.02 Å². The second-order valence-corrected chi connectivity index (χ2v) is 14.0. The molecule has 7 nitrogen and oxygen atoms in total. The third kappa shape index (κ3) is 5.27. The van der Waals surface area contributed by atoms with Crippen molar-refractivity contribution < 1.29 is 19.5 Å². The van der Waals surface area contributed by atoms with Gasteiger partial charge in [-0.1, -0.05) is 58.7 Å². The number of thioether (sulfide) groups is 1. The number of amides is 3. The van der Waals surface area contributed by atoms with Gasteiger partial charge < -0.3 is 19.8 Å². The van der Waals surface area contributed by atoms with Gasteiger partial charge in [-0.05, 0) is 44.2 Å². The number of anilines is 1. The Morgan fingerprint density at radius 1 is 1.25 bits per heavy atom. The number of para-hydroxylation sites is 1. The fraction of sp³-hybridized carbons (Fsp3) is 0.567. The number of carbonyl (C=O) groups is 3. The quantitative estimate of drug-likeness (QED) is 0.188. The molecule has 6 atom stereocenters. The van der Waals surface area contributed by atoms with Gasteiger partial charge in [0.1, 0.15) is 6.04 Å². The number of hydrogen-bond donors (Lipinski definition) is 1. The second-order valence-electron chi connectivity index (χ2n) is 10.8. The SMILES string of the molecule is C=CCN(CCC)C(=O)[C@H]1[C@@H]2SC3(CC2Br)C(C(=O)N(CC=C)c2c(C)cccc2Cl)N(CCCCO)C(=O)[C@H]13. The molecule has 0 saturated carbocycles. The van der Waals surface area contributed by atoms with Crippen LogP contribution < -0.4 is 4.90 Å². The van der Waals surface area contributed by atoms with E-state index < -0.39 is 22.6 Å². The highest BCUT2D eigenvalue weighted by Crippen LogP contribution is 2.68. The molecule has 2 bridgehead atoms. The molecule has 0 aromatic heterocycles. The molecule has 3 unspecified atom stereocenters. The lowest BCUT2D eigenvalue weighted by Gasteiger charge is -2.39. The van der Waals surface area contributed by atoms with E-state index >= 15 is 0 Å². The number of halogens is 2. The topological polar surface area (TPSA) is 81.2 Å². The van der Waals surface area contributed by atoms with Gasteiger partial charge in [-0.2, -0.15) is 0 Å². The van der Waals surface area contributed by atoms with Gasteiger partial charge in [-0.25, -0.2) is 0 Å². The van der Waals surface area contributed by atoms with Crippen LogP contribution in [0, 0.1) is 18.8 Å². The van der Waals surface area contributed by atoms with Gasteiger partial charge in [0, 0.05) is 42.9 Å². The van der Waals surface area contributed by atoms with Crippen molar-refractivity contribution in [3.63, 3.8) is 0 Å². The Bertz CT molecular complexity index is 1150. The summed E-state index contributed by atoms with van der Waals surface area (Å²) >= 11 is 12.1. The average molecular weight is 653 g/mol. The number of benzene rings is 1. The van der Waals surface area contributed by atoms with Crippen LogP contribution in [0.5, 0.6) is 0 Å². The van der Waals surface area contributed by atoms with Crippen LogP contribution in [0.25, 0.3) is 0 Å². The van der Waals surface area contributed by atoms with E-state index in [0.717, 1.165) is 12.0 Å². The third-order valence-corrected chi connectivity index (χ3v) is 11.8. The van der Waals surface area contributed by atoms with Crippen molar-refractivity contribution in [1.29, 1.82) is 0 Å². The zero-order valence-electron chi connectivity index (χ0n) is 23.2. The lowest BCUT2D eigenvalue weighted by atomic mass is 9.70. The molecule has 10 heteroatoms. The van der Waals surface area contributed by atoms with Gasteiger partial charge in [-0.15, -0.1) is 24.9 Å². The van der Waals surface area contributed by atoms with Crippen molar-refractivity contribution in [3.8, 4) is 0 Å². The number of rotatable bonds is 13. The molecule has 3 aliphatic heterocycles. The zero-order chi connectivity index (χ0) is 29.2. The summed E-state index contributed by atoms with van der Waals surface area (Å²) in [6.45, 7) is 13.2. The van der Waals surface area contributed by atoms with E-state index in [1.807, 2.05) is 26.0 Å². The van der Waals surface area contributed by atoms with Gasteiger partial charge in [-0.3, -0.25) is 14.4 Å². The first-order valence-corrected chi connectivity index (χ1v) is 16.2. The lowest BCUT2D eigenvalue weighted by molar-refractivity contribution is -0.143. The number of nitrogens with zero attached hydrogens (tertiary/aromatic N) is 3. The Balaban J connectivity index is 1.81. The van der Waals surface area contributed by atoms with Gasteiger partial charge in [0.15, 0.2) is 0 Å². The minimum atomic E-state index is -0.772. The summed E-state index contributed by atoms with van der Waals surface area (Å²) in [4.78, 5) is 48.2. The number of aliphatic hydroxyl groups is 1. The Hall–Kier alpha value is -1.81. The average Bonchev–Trinajstić information content (AvgIpc) is 3.51. The van der Waals surface area contributed by atoms with E-state index in [0.29, 0.717) is 49.6 Å². The van der Waals surface area contributed by atoms with Crippen molar-refractivity contribution in [1.82, 2.24) is 9.80 Å². The molecule has 3 amide bonds. The Labute approximate surface area is 255 Å². The first kappa shape index (κ1) is 31.1. The standard InChI is InChI=1S/C30H39BrClN3O4S/c1-5-13-33(14-6-2)27(37)22-23-28(38)35(16-8-9-17-36)26(30(23)18-20(31)25(22)40-30)29(39)34(15-7-3)24-19(4)11-10-12-21(24)32/h5,7,10-12,20,22-23,25-26,36H,1,3,6,8-9,13-18H2,2,4H3/t20?,22-,23+,25-,26?,30?/m1/s1. The monoisotopic (exact) mass is 651 g/mol. The van der Waals surface area contributed by atoms with Crippen molar-refractivity contribution in [2.24, 2.45) is 11.8 Å². The van der Waals surface area contributed by atoms with E-state index in [1.54, 1.807) is 44.7 Å². The molecule has 3 aliphatic rings. The van der Waals surface area contributed by atoms with Gasteiger partial charge in [0.05, 0.1) is 27.3 Å². The number of carbonyl (C=O) groups excluding carboxylic acids is 3. The molecule has 1 aromatic carbocycles. The highest BCUT2D eigenvalue weighted by molar-refractivity contribution is 9.09. The molecular weight excluding hydrogens is 614 g/mol. The van der Waals surface area contributed by atoms with Gasteiger partial charge >= 0.3 is 0 Å². The molecule has 0 radical (unpaired) electrons. The predicted octanol–water partition coefficient (Wildman–Crippen LogP) is 4.83. The number of fused-ring (bicyclic) bond motifs is 1. The smallest absolute Gasteiger partial charge is 0.251 e. The summed E-state index contributed by atoms with van der Waals surface area (Å²) < 4.78 is -0.757. The van der Waals surface area contributed by atoms with Crippen LogP contribution in [0.3, 0.4) is 0 Å². The summed E-state index contributed by atoms with van der Waals surface area (Å²) in [6.07, 6.45) is 5.87. The molecule has 3 heterocycles. The second kappa shape index (κ2) is 13.0. The highest BCUT2D eigenvalue weighted by atomic mass is 79.9. The number of hydrogen-bond acceptors (Lipinski definition) is 5. The van der Waals surface area contributed by atoms with Gasteiger partial charge in [0.25, 0.3) is 5.91 Å². The number of likely N-dealkylation sites (tertiary alicyclic amines) is 1. The Morgan fingerprint density at radius 2 is 1.98 bits per heavy atom. The van der Waals surface area contributed by atoms with E-state index in [1.165, 1.54) is 0 Å². The predicted molar refractivity (Wildman–Crippen MR) is 166 cm³/mol. The summed E-state index contributed by atoms with van der Waals surface area (Å²) in [5.41, 5.74) is 1.46. The molecule has 1 aromatic rings. The van der Waals surface area contributed by atoms with E-state index in [2.05, 4.69) is 29.1 Å². The molecule has 218 valence electrons. The molecule has 3 fully saturated rings. The normalized spacial score (nSPS) is 28.5. The number of aliphatic hydroxyl groups excluding tert-OH is 1. The minimum absolute atomic E-state index is 0.00552. The van der Waals surface area contributed by atoms with Crippen LogP contribution in [-0.4, -0.2) is 86.3 Å². The van der Waals surface area contributed by atoms with E-state index in [-0.39, 0.29) is 41.0 Å². The first-order valence-electron chi connectivity index (χ1n) is 14.0. The van der Waals surface area contributed by atoms with E-state index in [4.69, 9.17) is 11.6 Å². The van der Waals surface area contributed by atoms with Crippen LogP contribution in [-0.2, 0) is 14.4 Å². The maximum Gasteiger partial charge on any atom is 0.251 e. The summed E-state index contributed by atoms with van der Waals surface area (Å²) in [7, 11) is 0. The van der Waals surface area contributed by atoms with Crippen LogP contribution in [0.1, 0.15) is 38.2 Å². The summed E-state index contributed by atoms with van der Waals surface area (Å²) in [6, 6.07) is 4.74. The number of unbranched alkanes of at least 4 members (excludes halogenated alkanes) is 1. The van der Waals surface area contributed by atoms with Crippen molar-refractivity contribution in [2.45, 2.75) is 60.4 Å². The maximum atomic E-state index is 14.7. The highest BCUT2D eigenvalue weighted by Gasteiger charge is 2.76. The minimum Gasteiger partial charge on any atom is -0.396 e. The van der Waals surface area contributed by atoms with Gasteiger partial charge in [0.2, 0.25) is 11.8 Å². The molecule has 0 aliphatic carbocycles. The zero-order valence-corrected chi connectivity index (χ0v) is 26.4. The maximum absolute atomic E-state index is 14.7. The largest absolute Gasteiger partial charge is 0.396 e. The Morgan fingerprint density at radius 3 is 2.60 bits per heavy atom. The molecule has 4 rings (SSSR count). The van der Waals surface area contributed by atoms with E-state index in [9.17, 15) is 19.5 Å². The molecule has 3 saturated heterocycles. The first-order chi connectivity index (χ1) is 19.2. The molecule has 1 N–H and O–H groups in total. The number of aryl methyl sites for hydroxylation is 1. The summed E-state index contributed by atoms with van der Waals surface area (Å²) in [5.74, 6) is -1.54. The van der Waals surface area contributed by atoms with Crippen LogP contribution in [0.4, 0.5) is 5.69 Å². The molecular formula is C30H39BrClN3O4S. The van der Waals surface area contributed by atoms with Crippen molar-refractivity contribution in [3.05, 3.63) is 54.1 Å². The fourth-order valence-corrected chi connectivity index (χ4v) is 10.7. The van der Waals surface area contributed by atoms with Crippen molar-refractivity contribution in [2.75, 3.05) is 37.7 Å². The molecule has 40 heavy (non-hydrogen) atoms. The lowest BCUT2D eigenvalue weighted by Crippen LogP contribution is -2.56. The fourth-order valence-electron chi connectivity index (χ4n) is 6.79.